The standard InChI is InChI=1S/C20H22N2O/c1-13-9-15(3)19(16(4)10-13)20(23)17-6-5-14(2)18(11-17)22-8-7-21-12-22/h5-12,20,23H,1-4H3. The van der Waals surface area contributed by atoms with Crippen molar-refractivity contribution in [2.75, 3.05) is 0 Å². The number of aromatic nitrogens is 2. The van der Waals surface area contributed by atoms with Gasteiger partial charge in [0.25, 0.3) is 0 Å². The summed E-state index contributed by atoms with van der Waals surface area (Å²) in [6, 6.07) is 10.3. The van der Waals surface area contributed by atoms with Crippen LogP contribution in [0.15, 0.2) is 49.1 Å². The topological polar surface area (TPSA) is 38.0 Å². The van der Waals surface area contributed by atoms with Gasteiger partial charge in [0, 0.05) is 18.1 Å². The lowest BCUT2D eigenvalue weighted by Gasteiger charge is -2.19. The summed E-state index contributed by atoms with van der Waals surface area (Å²) in [5, 5.41) is 10.9. The minimum atomic E-state index is -0.626. The maximum absolute atomic E-state index is 10.9. The van der Waals surface area contributed by atoms with Crippen molar-refractivity contribution in [3.05, 3.63) is 82.4 Å². The number of hydrogen-bond acceptors (Lipinski definition) is 2. The largest absolute Gasteiger partial charge is 0.384 e. The van der Waals surface area contributed by atoms with Crippen molar-refractivity contribution in [1.82, 2.24) is 9.55 Å². The van der Waals surface area contributed by atoms with E-state index in [4.69, 9.17) is 0 Å². The first kappa shape index (κ1) is 15.5. The summed E-state index contributed by atoms with van der Waals surface area (Å²) in [6.07, 6.45) is 4.83. The summed E-state index contributed by atoms with van der Waals surface area (Å²) in [5.41, 5.74) is 7.56. The number of aliphatic hydroxyl groups excluding tert-OH is 1. The molecule has 0 spiro atoms. The van der Waals surface area contributed by atoms with Gasteiger partial charge in [-0.1, -0.05) is 29.8 Å². The van der Waals surface area contributed by atoms with Crippen LogP contribution in [0.1, 0.15) is 39.5 Å². The second-order valence-corrected chi connectivity index (χ2v) is 6.23. The highest BCUT2D eigenvalue weighted by Crippen LogP contribution is 2.30. The molecule has 0 aliphatic rings. The smallest absolute Gasteiger partial charge is 0.105 e. The molecule has 0 bridgehead atoms. The molecule has 1 N–H and O–H groups in total. The third-order valence-electron chi connectivity index (χ3n) is 4.34. The van der Waals surface area contributed by atoms with Crippen LogP contribution in [-0.4, -0.2) is 14.7 Å². The van der Waals surface area contributed by atoms with Crippen LogP contribution in [0, 0.1) is 27.7 Å². The van der Waals surface area contributed by atoms with Gasteiger partial charge in [0.05, 0.1) is 6.33 Å². The van der Waals surface area contributed by atoms with Gasteiger partial charge in [-0.3, -0.25) is 0 Å². The molecule has 23 heavy (non-hydrogen) atoms. The molecule has 0 saturated heterocycles. The monoisotopic (exact) mass is 306 g/mol. The van der Waals surface area contributed by atoms with Crippen molar-refractivity contribution in [2.24, 2.45) is 0 Å². The summed E-state index contributed by atoms with van der Waals surface area (Å²) in [6.45, 7) is 8.26. The van der Waals surface area contributed by atoms with Gasteiger partial charge in [0.1, 0.15) is 6.10 Å². The fourth-order valence-electron chi connectivity index (χ4n) is 3.27. The van der Waals surface area contributed by atoms with Crippen molar-refractivity contribution >= 4 is 0 Å². The van der Waals surface area contributed by atoms with Gasteiger partial charge in [-0.25, -0.2) is 4.98 Å². The van der Waals surface area contributed by atoms with Gasteiger partial charge in [0.15, 0.2) is 0 Å². The van der Waals surface area contributed by atoms with Crippen molar-refractivity contribution in [3.8, 4) is 5.69 Å². The highest BCUT2D eigenvalue weighted by molar-refractivity contribution is 5.48. The average molecular weight is 306 g/mol. The van der Waals surface area contributed by atoms with Gasteiger partial charge < -0.3 is 9.67 Å². The number of benzene rings is 2. The number of nitrogens with zero attached hydrogens (tertiary/aromatic N) is 2. The Kier molecular flexibility index (Phi) is 4.05. The molecule has 3 aromatic rings. The first-order chi connectivity index (χ1) is 11.0. The van der Waals surface area contributed by atoms with Crippen LogP contribution in [0.2, 0.25) is 0 Å². The maximum Gasteiger partial charge on any atom is 0.105 e. The van der Waals surface area contributed by atoms with Crippen LogP contribution in [0.5, 0.6) is 0 Å². The molecule has 0 aliphatic carbocycles. The number of aryl methyl sites for hydroxylation is 4. The summed E-state index contributed by atoms with van der Waals surface area (Å²) < 4.78 is 1.97. The van der Waals surface area contributed by atoms with E-state index in [0.717, 1.165) is 33.5 Å². The van der Waals surface area contributed by atoms with Crippen LogP contribution in [0.4, 0.5) is 0 Å². The normalized spacial score (nSPS) is 12.4. The molecule has 0 saturated carbocycles. The predicted octanol–water partition coefficient (Wildman–Crippen LogP) is 4.19. The summed E-state index contributed by atoms with van der Waals surface area (Å²) in [4.78, 5) is 4.11. The third kappa shape index (κ3) is 2.92. The number of imidazole rings is 1. The number of aliphatic hydroxyl groups is 1. The third-order valence-corrected chi connectivity index (χ3v) is 4.34. The minimum Gasteiger partial charge on any atom is -0.384 e. The molecule has 0 amide bonds. The molecular weight excluding hydrogens is 284 g/mol. The highest BCUT2D eigenvalue weighted by atomic mass is 16.3. The second-order valence-electron chi connectivity index (χ2n) is 6.23. The Bertz CT molecular complexity index is 812. The molecule has 3 nitrogen and oxygen atoms in total. The fourth-order valence-corrected chi connectivity index (χ4v) is 3.27. The molecule has 118 valence electrons. The van der Waals surface area contributed by atoms with E-state index >= 15 is 0 Å². The van der Waals surface area contributed by atoms with E-state index in [1.807, 2.05) is 29.0 Å². The Morgan fingerprint density at radius 3 is 2.26 bits per heavy atom. The van der Waals surface area contributed by atoms with Gasteiger partial charge in [0.2, 0.25) is 0 Å². The lowest BCUT2D eigenvalue weighted by atomic mass is 9.91. The highest BCUT2D eigenvalue weighted by Gasteiger charge is 2.17. The van der Waals surface area contributed by atoms with Gasteiger partial charge in [-0.15, -0.1) is 0 Å². The zero-order valence-corrected chi connectivity index (χ0v) is 14.0. The predicted molar refractivity (Wildman–Crippen MR) is 93.0 cm³/mol. The Hall–Kier alpha value is -2.39. The molecule has 0 fully saturated rings. The zero-order chi connectivity index (χ0) is 16.6. The molecule has 2 aromatic carbocycles. The van der Waals surface area contributed by atoms with Crippen molar-refractivity contribution in [2.45, 2.75) is 33.8 Å². The summed E-state index contributed by atoms with van der Waals surface area (Å²) in [5.74, 6) is 0. The lowest BCUT2D eigenvalue weighted by Crippen LogP contribution is -2.06. The van der Waals surface area contributed by atoms with E-state index in [-0.39, 0.29) is 0 Å². The Morgan fingerprint density at radius 2 is 1.65 bits per heavy atom. The minimum absolute atomic E-state index is 0.626. The number of hydrogen-bond donors (Lipinski definition) is 1. The van der Waals surface area contributed by atoms with E-state index in [0.29, 0.717) is 0 Å². The van der Waals surface area contributed by atoms with E-state index in [1.54, 1.807) is 12.5 Å². The summed E-state index contributed by atoms with van der Waals surface area (Å²) in [7, 11) is 0. The molecule has 1 aromatic heterocycles. The van der Waals surface area contributed by atoms with Crippen molar-refractivity contribution < 1.29 is 5.11 Å². The van der Waals surface area contributed by atoms with Gasteiger partial charge in [-0.05, 0) is 61.6 Å². The average Bonchev–Trinajstić information content (AvgIpc) is 3.00. The van der Waals surface area contributed by atoms with E-state index in [1.165, 1.54) is 5.56 Å². The molecule has 3 heteroatoms. The van der Waals surface area contributed by atoms with Crippen LogP contribution in [0.25, 0.3) is 5.69 Å². The molecule has 1 unspecified atom stereocenters. The zero-order valence-electron chi connectivity index (χ0n) is 14.0. The molecular formula is C20H22N2O. The van der Waals surface area contributed by atoms with Crippen LogP contribution < -0.4 is 0 Å². The van der Waals surface area contributed by atoms with Gasteiger partial charge >= 0.3 is 0 Å². The fraction of sp³-hybridized carbons (Fsp3) is 0.250. The first-order valence-corrected chi connectivity index (χ1v) is 7.82. The van der Waals surface area contributed by atoms with Crippen LogP contribution >= 0.6 is 0 Å². The lowest BCUT2D eigenvalue weighted by molar-refractivity contribution is 0.218. The van der Waals surface area contributed by atoms with Crippen molar-refractivity contribution in [1.29, 1.82) is 0 Å². The Labute approximate surface area is 137 Å². The van der Waals surface area contributed by atoms with Crippen molar-refractivity contribution in [3.63, 3.8) is 0 Å². The van der Waals surface area contributed by atoms with E-state index < -0.39 is 6.10 Å². The SMILES string of the molecule is Cc1cc(C)c(C(O)c2ccc(C)c(-n3ccnc3)c2)c(C)c1. The molecule has 0 radical (unpaired) electrons. The Morgan fingerprint density at radius 1 is 0.957 bits per heavy atom. The van der Waals surface area contributed by atoms with Gasteiger partial charge in [-0.2, -0.15) is 0 Å². The summed E-state index contributed by atoms with van der Waals surface area (Å²) >= 11 is 0. The molecule has 1 atom stereocenters. The molecule has 0 aliphatic heterocycles. The number of rotatable bonds is 3. The van der Waals surface area contributed by atoms with E-state index in [9.17, 15) is 5.11 Å². The maximum atomic E-state index is 10.9. The van der Waals surface area contributed by atoms with Crippen LogP contribution in [0.3, 0.4) is 0 Å². The van der Waals surface area contributed by atoms with Crippen LogP contribution in [-0.2, 0) is 0 Å². The quantitative estimate of drug-likeness (QED) is 0.788. The second kappa shape index (κ2) is 6.01. The first-order valence-electron chi connectivity index (χ1n) is 7.82. The Balaban J connectivity index is 2.07. The molecule has 3 rings (SSSR count). The van der Waals surface area contributed by atoms with E-state index in [2.05, 4.69) is 44.8 Å². The molecule has 1 heterocycles.